The number of unbranched alkanes of at least 4 members (excludes halogenated alkanes) is 21. The summed E-state index contributed by atoms with van der Waals surface area (Å²) >= 11 is 0. The average molecular weight is 732 g/mol. The Bertz CT molecular complexity index is 869. The van der Waals surface area contributed by atoms with E-state index < -0.39 is 18.2 Å². The number of allylic oxidation sites excluding steroid dienone is 6. The van der Waals surface area contributed by atoms with Crippen LogP contribution in [0.25, 0.3) is 0 Å². The molecular formula is C46H85NO5. The van der Waals surface area contributed by atoms with Crippen LogP contribution in [0.15, 0.2) is 36.5 Å². The van der Waals surface area contributed by atoms with E-state index in [1.54, 1.807) is 0 Å². The standard InChI is InChI=1S/C46H85NO5/c1-4-7-10-13-16-19-20-21-22-23-24-25-27-30-33-36-39-46(51)52-42(37-34-31-28-18-15-12-9-6-3)40-45(50)47-43(41-48)44(49)38-35-32-29-26-17-14-11-8-5-2/h7,10,16,19,21-22,42-44,48-49H,4-6,8-9,11-15,17-18,20,23-41H2,1-3H3,(H,47,50)/b10-7+,19-16+,22-21+. The van der Waals surface area contributed by atoms with Crippen LogP contribution in [0.2, 0.25) is 0 Å². The number of carbonyl (C=O) groups is 2. The van der Waals surface area contributed by atoms with Crippen molar-refractivity contribution in [3.63, 3.8) is 0 Å². The first-order valence-electron chi connectivity index (χ1n) is 22.2. The number of rotatable bonds is 39. The summed E-state index contributed by atoms with van der Waals surface area (Å²) in [5.41, 5.74) is 0. The molecule has 3 unspecified atom stereocenters. The van der Waals surface area contributed by atoms with Crippen LogP contribution in [0.5, 0.6) is 0 Å². The summed E-state index contributed by atoms with van der Waals surface area (Å²) in [5, 5.41) is 23.5. The largest absolute Gasteiger partial charge is 0.462 e. The van der Waals surface area contributed by atoms with Crippen molar-refractivity contribution >= 4 is 11.9 Å². The average Bonchev–Trinajstić information content (AvgIpc) is 3.13. The molecule has 0 aliphatic carbocycles. The van der Waals surface area contributed by atoms with Gasteiger partial charge in [0, 0.05) is 6.42 Å². The van der Waals surface area contributed by atoms with Gasteiger partial charge in [0.2, 0.25) is 5.91 Å². The topological polar surface area (TPSA) is 95.9 Å². The maximum atomic E-state index is 13.1. The van der Waals surface area contributed by atoms with Gasteiger partial charge in [0.25, 0.3) is 0 Å². The number of esters is 1. The van der Waals surface area contributed by atoms with Crippen molar-refractivity contribution in [2.75, 3.05) is 6.61 Å². The molecule has 0 aromatic carbocycles. The van der Waals surface area contributed by atoms with E-state index in [9.17, 15) is 19.8 Å². The summed E-state index contributed by atoms with van der Waals surface area (Å²) in [6.07, 6.45) is 45.0. The van der Waals surface area contributed by atoms with Crippen molar-refractivity contribution in [1.29, 1.82) is 0 Å². The monoisotopic (exact) mass is 732 g/mol. The van der Waals surface area contributed by atoms with E-state index in [0.29, 0.717) is 19.3 Å². The van der Waals surface area contributed by atoms with Crippen LogP contribution in [-0.4, -0.2) is 46.9 Å². The molecule has 1 amide bonds. The van der Waals surface area contributed by atoms with Crippen LogP contribution in [-0.2, 0) is 14.3 Å². The van der Waals surface area contributed by atoms with E-state index in [1.807, 2.05) is 0 Å². The van der Waals surface area contributed by atoms with Gasteiger partial charge in [0.05, 0.1) is 25.2 Å². The van der Waals surface area contributed by atoms with Crippen LogP contribution in [0, 0.1) is 0 Å². The van der Waals surface area contributed by atoms with Gasteiger partial charge >= 0.3 is 5.97 Å². The van der Waals surface area contributed by atoms with Gasteiger partial charge in [-0.15, -0.1) is 0 Å². The number of hydrogen-bond donors (Lipinski definition) is 3. The Morgan fingerprint density at radius 2 is 1.04 bits per heavy atom. The number of amides is 1. The van der Waals surface area contributed by atoms with Crippen molar-refractivity contribution in [2.24, 2.45) is 0 Å². The summed E-state index contributed by atoms with van der Waals surface area (Å²) in [4.78, 5) is 25.9. The molecule has 0 aromatic heterocycles. The minimum atomic E-state index is -0.783. The maximum Gasteiger partial charge on any atom is 0.306 e. The third kappa shape index (κ3) is 35.1. The predicted molar refractivity (Wildman–Crippen MR) is 222 cm³/mol. The van der Waals surface area contributed by atoms with Gasteiger partial charge in [-0.25, -0.2) is 0 Å². The van der Waals surface area contributed by atoms with Gasteiger partial charge in [-0.05, 0) is 57.8 Å². The molecule has 0 fully saturated rings. The second-order valence-electron chi connectivity index (χ2n) is 15.1. The number of aliphatic hydroxyl groups excluding tert-OH is 2. The highest BCUT2D eigenvalue weighted by Gasteiger charge is 2.24. The highest BCUT2D eigenvalue weighted by Crippen LogP contribution is 2.17. The zero-order chi connectivity index (χ0) is 38.2. The first-order chi connectivity index (χ1) is 25.5. The molecule has 0 aliphatic rings. The van der Waals surface area contributed by atoms with Gasteiger partial charge in [0.15, 0.2) is 0 Å². The van der Waals surface area contributed by atoms with Crippen molar-refractivity contribution in [1.82, 2.24) is 5.32 Å². The van der Waals surface area contributed by atoms with Crippen molar-refractivity contribution in [2.45, 2.75) is 238 Å². The summed E-state index contributed by atoms with van der Waals surface area (Å²) in [6, 6.07) is -0.697. The summed E-state index contributed by atoms with van der Waals surface area (Å²) < 4.78 is 5.87. The normalized spacial score (nSPS) is 13.7. The second kappa shape index (κ2) is 40.3. The molecule has 0 saturated heterocycles. The van der Waals surface area contributed by atoms with Gasteiger partial charge in [-0.3, -0.25) is 9.59 Å². The molecule has 0 radical (unpaired) electrons. The molecule has 52 heavy (non-hydrogen) atoms. The van der Waals surface area contributed by atoms with Gasteiger partial charge in [-0.2, -0.15) is 0 Å². The molecule has 0 heterocycles. The van der Waals surface area contributed by atoms with E-state index in [4.69, 9.17) is 4.74 Å². The molecular weight excluding hydrogens is 647 g/mol. The second-order valence-corrected chi connectivity index (χ2v) is 15.1. The zero-order valence-corrected chi connectivity index (χ0v) is 34.4. The third-order valence-corrected chi connectivity index (χ3v) is 9.98. The Balaban J connectivity index is 4.49. The van der Waals surface area contributed by atoms with Crippen LogP contribution >= 0.6 is 0 Å². The van der Waals surface area contributed by atoms with E-state index in [-0.39, 0.29) is 24.9 Å². The third-order valence-electron chi connectivity index (χ3n) is 9.98. The van der Waals surface area contributed by atoms with Crippen LogP contribution in [0.4, 0.5) is 0 Å². The van der Waals surface area contributed by atoms with Gasteiger partial charge < -0.3 is 20.3 Å². The highest BCUT2D eigenvalue weighted by molar-refractivity contribution is 5.77. The minimum absolute atomic E-state index is 0.0739. The van der Waals surface area contributed by atoms with E-state index in [0.717, 1.165) is 77.0 Å². The Morgan fingerprint density at radius 3 is 1.58 bits per heavy atom. The molecule has 0 aromatic rings. The quantitative estimate of drug-likeness (QED) is 0.0332. The maximum absolute atomic E-state index is 13.1. The number of aliphatic hydroxyl groups is 2. The number of nitrogens with one attached hydrogen (secondary N) is 1. The molecule has 0 rings (SSSR count). The lowest BCUT2D eigenvalue weighted by atomic mass is 10.0. The minimum Gasteiger partial charge on any atom is -0.462 e. The molecule has 0 spiro atoms. The van der Waals surface area contributed by atoms with Crippen LogP contribution in [0.1, 0.15) is 220 Å². The molecule has 6 nitrogen and oxygen atoms in total. The zero-order valence-electron chi connectivity index (χ0n) is 34.4. The summed E-state index contributed by atoms with van der Waals surface area (Å²) in [6.45, 7) is 6.31. The number of ether oxygens (including phenoxy) is 1. The SMILES string of the molecule is CC/C=C/C/C=C/C/C=C/CCCCCCCCC(=O)OC(CCCCCCCCCC)CC(=O)NC(CO)C(O)CCCCCCCCCCC. The molecule has 0 saturated carbocycles. The van der Waals surface area contributed by atoms with E-state index in [2.05, 4.69) is 62.5 Å². The number of carbonyl (C=O) groups excluding carboxylic acids is 2. The Kier molecular flexibility index (Phi) is 38.8. The first kappa shape index (κ1) is 50.1. The molecule has 3 atom stereocenters. The van der Waals surface area contributed by atoms with Crippen molar-refractivity contribution in [3.8, 4) is 0 Å². The van der Waals surface area contributed by atoms with E-state index in [1.165, 1.54) is 96.3 Å². The molecule has 0 aliphatic heterocycles. The summed E-state index contributed by atoms with van der Waals surface area (Å²) in [7, 11) is 0. The summed E-state index contributed by atoms with van der Waals surface area (Å²) in [5.74, 6) is -0.490. The molecule has 304 valence electrons. The first-order valence-corrected chi connectivity index (χ1v) is 22.2. The fraction of sp³-hybridized carbons (Fsp3) is 0.826. The van der Waals surface area contributed by atoms with Gasteiger partial charge in [0.1, 0.15) is 6.10 Å². The van der Waals surface area contributed by atoms with Crippen LogP contribution in [0.3, 0.4) is 0 Å². The van der Waals surface area contributed by atoms with Crippen molar-refractivity contribution in [3.05, 3.63) is 36.5 Å². The molecule has 3 N–H and O–H groups in total. The van der Waals surface area contributed by atoms with Crippen molar-refractivity contribution < 1.29 is 24.5 Å². The fourth-order valence-corrected chi connectivity index (χ4v) is 6.62. The Labute approximate surface area is 322 Å². The lowest BCUT2D eigenvalue weighted by Crippen LogP contribution is -2.46. The fourth-order valence-electron chi connectivity index (χ4n) is 6.62. The number of hydrogen-bond acceptors (Lipinski definition) is 5. The van der Waals surface area contributed by atoms with Crippen LogP contribution < -0.4 is 5.32 Å². The van der Waals surface area contributed by atoms with Gasteiger partial charge in [-0.1, -0.05) is 186 Å². The Hall–Kier alpha value is -1.92. The molecule has 6 heteroatoms. The predicted octanol–water partition coefficient (Wildman–Crippen LogP) is 12.6. The lowest BCUT2D eigenvalue weighted by Gasteiger charge is -2.24. The molecule has 0 bridgehead atoms. The highest BCUT2D eigenvalue weighted by atomic mass is 16.5. The smallest absolute Gasteiger partial charge is 0.306 e. The Morgan fingerprint density at radius 1 is 0.577 bits per heavy atom. The van der Waals surface area contributed by atoms with E-state index >= 15 is 0 Å². The lowest BCUT2D eigenvalue weighted by molar-refractivity contribution is -0.151.